The highest BCUT2D eigenvalue weighted by molar-refractivity contribution is 6.05. The van der Waals surface area contributed by atoms with Crippen LogP contribution in [0.5, 0.6) is 0 Å². The molecule has 2 aromatic rings. The van der Waals surface area contributed by atoms with Crippen molar-refractivity contribution in [1.82, 2.24) is 4.98 Å². The molecule has 0 fully saturated rings. The number of benzene rings is 1. The van der Waals surface area contributed by atoms with Crippen molar-refractivity contribution in [3.8, 4) is 0 Å². The Balaban J connectivity index is 2.88. The van der Waals surface area contributed by atoms with Crippen LogP contribution in [0.4, 0.5) is 0 Å². The topological polar surface area (TPSA) is 30.0 Å². The zero-order valence-corrected chi connectivity index (χ0v) is 8.24. The number of pyridine rings is 1. The second-order valence-corrected chi connectivity index (χ2v) is 3.39. The van der Waals surface area contributed by atoms with E-state index in [1.807, 2.05) is 31.2 Å². The number of carbonyl (C=O) groups is 1. The maximum Gasteiger partial charge on any atom is 0.178 e. The molecule has 1 aromatic heterocycles. The highest BCUT2D eigenvalue weighted by atomic mass is 16.1. The Bertz CT molecular complexity index is 503. The van der Waals surface area contributed by atoms with Crippen LogP contribution in [0.1, 0.15) is 23.0 Å². The van der Waals surface area contributed by atoms with Crippen LogP contribution in [-0.2, 0) is 0 Å². The Kier molecular flexibility index (Phi) is 2.04. The first-order chi connectivity index (χ1) is 6.70. The smallest absolute Gasteiger partial charge is 0.178 e. The zero-order chi connectivity index (χ0) is 10.1. The molecule has 14 heavy (non-hydrogen) atoms. The lowest BCUT2D eigenvalue weighted by Gasteiger charge is -2.04. The van der Waals surface area contributed by atoms with Gasteiger partial charge in [0, 0.05) is 18.5 Å². The molecule has 0 aliphatic heterocycles. The third-order valence-corrected chi connectivity index (χ3v) is 2.36. The van der Waals surface area contributed by atoms with Gasteiger partial charge in [0.2, 0.25) is 0 Å². The molecule has 0 spiro atoms. The zero-order valence-electron chi connectivity index (χ0n) is 8.24. The summed E-state index contributed by atoms with van der Waals surface area (Å²) in [7, 11) is 0. The van der Waals surface area contributed by atoms with Gasteiger partial charge in [-0.1, -0.05) is 18.2 Å². The van der Waals surface area contributed by atoms with Crippen LogP contribution >= 0.6 is 0 Å². The minimum Gasteiger partial charge on any atom is -0.293 e. The van der Waals surface area contributed by atoms with E-state index in [0.29, 0.717) is 5.69 Å². The number of ketones is 1. The Morgan fingerprint density at radius 2 is 2.00 bits per heavy atom. The predicted molar refractivity (Wildman–Crippen MR) is 56.5 cm³/mol. The molecule has 2 heteroatoms. The van der Waals surface area contributed by atoms with E-state index >= 15 is 0 Å². The number of Topliss-reactive ketones (excluding diaryl/α,β-unsaturated/α-hetero) is 1. The fraction of sp³-hybridized carbons (Fsp3) is 0.167. The first-order valence-electron chi connectivity index (χ1n) is 4.55. The van der Waals surface area contributed by atoms with Crippen molar-refractivity contribution in [3.63, 3.8) is 0 Å². The number of carbonyl (C=O) groups excluding carboxylic acids is 1. The van der Waals surface area contributed by atoms with Crippen molar-refractivity contribution in [2.24, 2.45) is 0 Å². The summed E-state index contributed by atoms with van der Waals surface area (Å²) < 4.78 is 0. The first-order valence-corrected chi connectivity index (χ1v) is 4.55. The van der Waals surface area contributed by atoms with Crippen molar-refractivity contribution in [3.05, 3.63) is 41.7 Å². The van der Waals surface area contributed by atoms with Crippen molar-refractivity contribution in [2.45, 2.75) is 13.8 Å². The van der Waals surface area contributed by atoms with Crippen LogP contribution in [-0.4, -0.2) is 10.8 Å². The molecule has 0 N–H and O–H groups in total. The molecule has 0 bridgehead atoms. The first kappa shape index (κ1) is 8.88. The van der Waals surface area contributed by atoms with E-state index in [1.165, 1.54) is 5.56 Å². The van der Waals surface area contributed by atoms with Gasteiger partial charge < -0.3 is 0 Å². The highest BCUT2D eigenvalue weighted by Gasteiger charge is 2.06. The van der Waals surface area contributed by atoms with E-state index in [4.69, 9.17) is 0 Å². The number of hydrogen-bond acceptors (Lipinski definition) is 2. The fourth-order valence-electron chi connectivity index (χ4n) is 1.64. The van der Waals surface area contributed by atoms with Gasteiger partial charge in [-0.05, 0) is 23.9 Å². The molecule has 0 radical (unpaired) electrons. The number of aryl methyl sites for hydroxylation is 1. The van der Waals surface area contributed by atoms with E-state index in [1.54, 1.807) is 13.1 Å². The third-order valence-electron chi connectivity index (χ3n) is 2.36. The molecule has 1 aromatic carbocycles. The molecule has 0 amide bonds. The maximum absolute atomic E-state index is 11.3. The van der Waals surface area contributed by atoms with Crippen LogP contribution < -0.4 is 0 Å². The maximum atomic E-state index is 11.3. The fourth-order valence-corrected chi connectivity index (χ4v) is 1.64. The van der Waals surface area contributed by atoms with Gasteiger partial charge in [0.15, 0.2) is 5.78 Å². The summed E-state index contributed by atoms with van der Waals surface area (Å²) in [6.07, 6.45) is 1.69. The Morgan fingerprint density at radius 3 is 2.71 bits per heavy atom. The molecule has 0 aliphatic carbocycles. The summed E-state index contributed by atoms with van der Waals surface area (Å²) >= 11 is 0. The van der Waals surface area contributed by atoms with Gasteiger partial charge >= 0.3 is 0 Å². The second kappa shape index (κ2) is 3.22. The number of fused-ring (bicyclic) bond motifs is 1. The summed E-state index contributed by atoms with van der Waals surface area (Å²) in [5.74, 6) is 0.0150. The summed E-state index contributed by atoms with van der Waals surface area (Å²) in [5.41, 5.74) is 1.73. The summed E-state index contributed by atoms with van der Waals surface area (Å²) in [6.45, 7) is 3.58. The molecule has 70 valence electrons. The van der Waals surface area contributed by atoms with E-state index in [2.05, 4.69) is 4.98 Å². The van der Waals surface area contributed by atoms with Gasteiger partial charge in [-0.15, -0.1) is 0 Å². The van der Waals surface area contributed by atoms with Crippen LogP contribution in [0, 0.1) is 6.92 Å². The standard InChI is InChI=1S/C12H11NO/c1-8-4-3-5-11-10(8)6-7-13-12(11)9(2)14/h3-7H,1-2H3. The average Bonchev–Trinajstić information content (AvgIpc) is 2.17. The number of nitrogens with zero attached hydrogens (tertiary/aromatic N) is 1. The van der Waals surface area contributed by atoms with Gasteiger partial charge in [-0.3, -0.25) is 9.78 Å². The van der Waals surface area contributed by atoms with Crippen molar-refractivity contribution >= 4 is 16.6 Å². The monoisotopic (exact) mass is 185 g/mol. The molecule has 2 nitrogen and oxygen atoms in total. The van der Waals surface area contributed by atoms with E-state index < -0.39 is 0 Å². The lowest BCUT2D eigenvalue weighted by atomic mass is 10.0. The third kappa shape index (κ3) is 1.29. The largest absolute Gasteiger partial charge is 0.293 e. The number of aromatic nitrogens is 1. The number of rotatable bonds is 1. The van der Waals surface area contributed by atoms with Gasteiger partial charge in [0.1, 0.15) is 5.69 Å². The molecule has 0 unspecified atom stereocenters. The molecule has 0 aliphatic rings. The Labute approximate surface area is 82.6 Å². The summed E-state index contributed by atoms with van der Waals surface area (Å²) in [4.78, 5) is 15.4. The Morgan fingerprint density at radius 1 is 1.21 bits per heavy atom. The van der Waals surface area contributed by atoms with Gasteiger partial charge in [-0.2, -0.15) is 0 Å². The Hall–Kier alpha value is -1.70. The minimum absolute atomic E-state index is 0.0150. The lowest BCUT2D eigenvalue weighted by molar-refractivity contribution is 0.101. The quantitative estimate of drug-likeness (QED) is 0.639. The van der Waals surface area contributed by atoms with Crippen molar-refractivity contribution in [2.75, 3.05) is 0 Å². The molecular weight excluding hydrogens is 174 g/mol. The van der Waals surface area contributed by atoms with E-state index in [0.717, 1.165) is 10.8 Å². The van der Waals surface area contributed by atoms with Crippen LogP contribution in [0.15, 0.2) is 30.5 Å². The van der Waals surface area contributed by atoms with Crippen molar-refractivity contribution in [1.29, 1.82) is 0 Å². The van der Waals surface area contributed by atoms with Gasteiger partial charge in [0.25, 0.3) is 0 Å². The van der Waals surface area contributed by atoms with Crippen LogP contribution in [0.25, 0.3) is 10.8 Å². The number of hydrogen-bond donors (Lipinski definition) is 0. The summed E-state index contributed by atoms with van der Waals surface area (Å²) in [5, 5.41) is 2.05. The van der Waals surface area contributed by atoms with Crippen LogP contribution in [0.3, 0.4) is 0 Å². The minimum atomic E-state index is 0.0150. The highest BCUT2D eigenvalue weighted by Crippen LogP contribution is 2.20. The van der Waals surface area contributed by atoms with Gasteiger partial charge in [0.05, 0.1) is 0 Å². The average molecular weight is 185 g/mol. The molecule has 2 rings (SSSR count). The van der Waals surface area contributed by atoms with Gasteiger partial charge in [-0.25, -0.2) is 0 Å². The molecule has 0 saturated carbocycles. The SMILES string of the molecule is CC(=O)c1nccc2c(C)cccc12. The second-order valence-electron chi connectivity index (χ2n) is 3.39. The predicted octanol–water partition coefficient (Wildman–Crippen LogP) is 2.75. The normalized spacial score (nSPS) is 10.4. The van der Waals surface area contributed by atoms with Crippen LogP contribution in [0.2, 0.25) is 0 Å². The molecule has 0 atom stereocenters. The van der Waals surface area contributed by atoms with Crippen molar-refractivity contribution < 1.29 is 4.79 Å². The molecular formula is C12H11NO. The molecule has 0 saturated heterocycles. The lowest BCUT2D eigenvalue weighted by Crippen LogP contribution is -1.97. The van der Waals surface area contributed by atoms with E-state index in [9.17, 15) is 4.79 Å². The van der Waals surface area contributed by atoms with E-state index in [-0.39, 0.29) is 5.78 Å². The summed E-state index contributed by atoms with van der Waals surface area (Å²) in [6, 6.07) is 7.86. The molecule has 1 heterocycles.